The number of esters is 1. The number of pyridine rings is 1. The maximum Gasteiger partial charge on any atom is 0.345 e. The summed E-state index contributed by atoms with van der Waals surface area (Å²) in [7, 11) is 3.19. The van der Waals surface area contributed by atoms with Gasteiger partial charge in [0.1, 0.15) is 40.3 Å². The smallest absolute Gasteiger partial charge is 0.345 e. The Bertz CT molecular complexity index is 1950. The topological polar surface area (TPSA) is 127 Å². The van der Waals surface area contributed by atoms with E-state index in [1.165, 1.54) is 24.3 Å². The van der Waals surface area contributed by atoms with Gasteiger partial charge in [-0.1, -0.05) is 32.0 Å². The predicted octanol–water partition coefficient (Wildman–Crippen LogP) is 7.06. The summed E-state index contributed by atoms with van der Waals surface area (Å²) in [6, 6.07) is 17.8. The Kier molecular flexibility index (Phi) is 9.24. The molecule has 1 aliphatic heterocycles. The molecule has 2 aromatic carbocycles. The van der Waals surface area contributed by atoms with Crippen LogP contribution in [0, 0.1) is 29.0 Å². The molecule has 0 radical (unpaired) electrons. The van der Waals surface area contributed by atoms with Gasteiger partial charge in [0.15, 0.2) is 6.29 Å². The van der Waals surface area contributed by atoms with E-state index in [0.717, 1.165) is 5.56 Å². The molecule has 9 atom stereocenters. The minimum Gasteiger partial charge on any atom is -0.496 e. The molecule has 1 N–H and O–H groups in total. The lowest BCUT2D eigenvalue weighted by atomic mass is 9.46. The maximum atomic E-state index is 13.8. The number of carbonyl (C=O) groups is 1. The molecule has 2 fully saturated rings. The third-order valence-electron chi connectivity index (χ3n) is 11.5. The van der Waals surface area contributed by atoms with E-state index in [4.69, 9.17) is 28.1 Å². The summed E-state index contributed by atoms with van der Waals surface area (Å²) in [4.78, 5) is 31.4. The van der Waals surface area contributed by atoms with Gasteiger partial charge in [0.2, 0.25) is 0 Å². The molecule has 0 spiro atoms. The maximum absolute atomic E-state index is 13.8. The van der Waals surface area contributed by atoms with Crippen molar-refractivity contribution >= 4 is 5.97 Å². The molecule has 268 valence electrons. The minimum absolute atomic E-state index is 0.0252. The number of hydrogen-bond donors (Lipinski definition) is 1. The fraction of sp³-hybridized carbons (Fsp3) is 0.425. The number of fused-ring (bicyclic) bond motifs is 4. The van der Waals surface area contributed by atoms with E-state index in [9.17, 15) is 19.1 Å². The standard InChI is InChI=1S/C40H42FNO9/c1-22-27-19-32(50-36(44)23-12-14-25(41)15-13-23)40(3)35(34(43)33-31(51-40)20-30(48-37(33)45)24-9-8-18-42-21-24)39(27,2)17-16-28(22)49-38(47-5)26-10-6-7-11-29(26)46-4/h6-15,18,20-22,27-28,32,34-35,38,43H,16-17,19H2,1-5H3. The molecule has 2 saturated carbocycles. The fourth-order valence-corrected chi connectivity index (χ4v) is 9.06. The van der Waals surface area contributed by atoms with Crippen molar-refractivity contribution in [1.29, 1.82) is 0 Å². The summed E-state index contributed by atoms with van der Waals surface area (Å²) < 4.78 is 50.7. The highest BCUT2D eigenvalue weighted by atomic mass is 19.1. The highest BCUT2D eigenvalue weighted by molar-refractivity contribution is 5.89. The normalized spacial score (nSPS) is 30.2. The average Bonchev–Trinajstić information content (AvgIpc) is 3.12. The van der Waals surface area contributed by atoms with Gasteiger partial charge < -0.3 is 33.2 Å². The largest absolute Gasteiger partial charge is 0.496 e. The van der Waals surface area contributed by atoms with Gasteiger partial charge in [0, 0.05) is 42.6 Å². The molecule has 2 aliphatic carbocycles. The van der Waals surface area contributed by atoms with Crippen LogP contribution in [0.3, 0.4) is 0 Å². The Labute approximate surface area is 295 Å². The van der Waals surface area contributed by atoms with E-state index >= 15 is 0 Å². The number of methoxy groups -OCH3 is 2. The van der Waals surface area contributed by atoms with Crippen LogP contribution in [0.4, 0.5) is 4.39 Å². The van der Waals surface area contributed by atoms with Crippen molar-refractivity contribution in [3.05, 3.63) is 112 Å². The third kappa shape index (κ3) is 6.00. The Balaban J connectivity index is 1.28. The van der Waals surface area contributed by atoms with E-state index in [0.29, 0.717) is 30.6 Å². The molecular weight excluding hydrogens is 657 g/mol. The number of carbonyl (C=O) groups excluding carboxylic acids is 1. The zero-order chi connectivity index (χ0) is 36.1. The van der Waals surface area contributed by atoms with Gasteiger partial charge in [-0.05, 0) is 85.9 Å². The lowest BCUT2D eigenvalue weighted by Crippen LogP contribution is -2.69. The zero-order valence-corrected chi connectivity index (χ0v) is 29.2. The van der Waals surface area contributed by atoms with Crippen molar-refractivity contribution in [2.45, 2.75) is 70.2 Å². The van der Waals surface area contributed by atoms with Gasteiger partial charge >= 0.3 is 11.6 Å². The summed E-state index contributed by atoms with van der Waals surface area (Å²) in [5.41, 5.74) is -1.05. The molecule has 11 heteroatoms. The number of aliphatic hydroxyl groups is 1. The Morgan fingerprint density at radius 2 is 1.84 bits per heavy atom. The second kappa shape index (κ2) is 13.5. The summed E-state index contributed by atoms with van der Waals surface area (Å²) in [6.45, 7) is 6.05. The molecule has 9 unspecified atom stereocenters. The van der Waals surface area contributed by atoms with Gasteiger partial charge in [0.25, 0.3) is 0 Å². The molecule has 0 bridgehead atoms. The fourth-order valence-electron chi connectivity index (χ4n) is 9.06. The van der Waals surface area contributed by atoms with Gasteiger partial charge in [-0.15, -0.1) is 0 Å². The molecule has 0 saturated heterocycles. The van der Waals surface area contributed by atoms with Crippen LogP contribution in [0.2, 0.25) is 0 Å². The molecular formula is C40H42FNO9. The molecule has 3 aliphatic rings. The number of rotatable bonds is 8. The van der Waals surface area contributed by atoms with Crippen LogP contribution in [0.5, 0.6) is 11.5 Å². The van der Waals surface area contributed by atoms with Crippen LogP contribution in [-0.4, -0.2) is 48.1 Å². The van der Waals surface area contributed by atoms with E-state index < -0.39 is 52.8 Å². The Hall–Kier alpha value is -4.58. The summed E-state index contributed by atoms with van der Waals surface area (Å²) in [5.74, 6) is -1.04. The van der Waals surface area contributed by atoms with Crippen molar-refractivity contribution in [2.24, 2.45) is 23.2 Å². The first-order valence-electron chi connectivity index (χ1n) is 17.2. The molecule has 51 heavy (non-hydrogen) atoms. The van der Waals surface area contributed by atoms with Crippen LogP contribution in [0.15, 0.2) is 88.3 Å². The highest BCUT2D eigenvalue weighted by Crippen LogP contribution is 2.65. The molecule has 3 heterocycles. The molecule has 4 aromatic rings. The zero-order valence-electron chi connectivity index (χ0n) is 29.2. The molecule has 2 aromatic heterocycles. The number of nitrogens with zero attached hydrogens (tertiary/aromatic N) is 1. The molecule has 7 rings (SSSR count). The summed E-state index contributed by atoms with van der Waals surface area (Å²) in [5, 5.41) is 12.3. The van der Waals surface area contributed by atoms with Gasteiger partial charge in [-0.25, -0.2) is 14.0 Å². The van der Waals surface area contributed by atoms with Crippen molar-refractivity contribution in [2.75, 3.05) is 14.2 Å². The van der Waals surface area contributed by atoms with Crippen molar-refractivity contribution in [3.63, 3.8) is 0 Å². The van der Waals surface area contributed by atoms with Crippen LogP contribution in [0.1, 0.15) is 73.9 Å². The number of para-hydroxylation sites is 1. The SMILES string of the molecule is COc1ccccc1C(OC)OC1CCC2(C)C(CC(OC(=O)c3ccc(F)cc3)C3(C)Oc4cc(-c5cccnc5)oc(=O)c4C(O)C23)C1C. The quantitative estimate of drug-likeness (QED) is 0.151. The number of hydrogen-bond acceptors (Lipinski definition) is 10. The Morgan fingerprint density at radius 1 is 1.08 bits per heavy atom. The molecule has 0 amide bonds. The van der Waals surface area contributed by atoms with E-state index in [-0.39, 0.29) is 40.6 Å². The predicted molar refractivity (Wildman–Crippen MR) is 184 cm³/mol. The second-order valence-corrected chi connectivity index (χ2v) is 14.3. The van der Waals surface area contributed by atoms with Crippen LogP contribution in [0.25, 0.3) is 11.3 Å². The number of aliphatic hydroxyl groups excluding tert-OH is 1. The second-order valence-electron chi connectivity index (χ2n) is 14.3. The number of benzene rings is 2. The van der Waals surface area contributed by atoms with E-state index in [1.807, 2.05) is 31.2 Å². The lowest BCUT2D eigenvalue weighted by molar-refractivity contribution is -0.258. The van der Waals surface area contributed by atoms with Crippen LogP contribution in [-0.2, 0) is 14.2 Å². The average molecular weight is 700 g/mol. The van der Waals surface area contributed by atoms with Crippen LogP contribution >= 0.6 is 0 Å². The Morgan fingerprint density at radius 3 is 2.55 bits per heavy atom. The number of halogens is 1. The first kappa shape index (κ1) is 34.9. The lowest BCUT2D eigenvalue weighted by Gasteiger charge is -2.64. The van der Waals surface area contributed by atoms with Crippen LogP contribution < -0.4 is 15.1 Å². The van der Waals surface area contributed by atoms with Gasteiger partial charge in [-0.3, -0.25) is 4.98 Å². The van der Waals surface area contributed by atoms with Crippen molar-refractivity contribution in [3.8, 4) is 22.8 Å². The summed E-state index contributed by atoms with van der Waals surface area (Å²) in [6.07, 6.45) is 1.66. The van der Waals surface area contributed by atoms with Gasteiger partial charge in [-0.2, -0.15) is 0 Å². The van der Waals surface area contributed by atoms with Crippen molar-refractivity contribution < 1.29 is 42.4 Å². The summed E-state index contributed by atoms with van der Waals surface area (Å²) >= 11 is 0. The van der Waals surface area contributed by atoms with Crippen molar-refractivity contribution in [1.82, 2.24) is 4.98 Å². The van der Waals surface area contributed by atoms with E-state index in [1.54, 1.807) is 44.8 Å². The third-order valence-corrected chi connectivity index (χ3v) is 11.5. The number of aromatic nitrogens is 1. The van der Waals surface area contributed by atoms with E-state index in [2.05, 4.69) is 18.8 Å². The number of ether oxygens (including phenoxy) is 5. The monoisotopic (exact) mass is 699 g/mol. The van der Waals surface area contributed by atoms with Gasteiger partial charge in [0.05, 0.1) is 24.9 Å². The first-order chi connectivity index (χ1) is 24.5. The first-order valence-corrected chi connectivity index (χ1v) is 17.2. The minimum atomic E-state index is -1.30. The highest BCUT2D eigenvalue weighted by Gasteiger charge is 2.68. The molecule has 10 nitrogen and oxygen atoms in total.